The highest BCUT2D eigenvalue weighted by atomic mass is 19.1. The van der Waals surface area contributed by atoms with Gasteiger partial charge in [-0.3, -0.25) is 10.4 Å². The van der Waals surface area contributed by atoms with E-state index in [1.807, 2.05) is 0 Å². The molecule has 0 aromatic heterocycles. The molecule has 6 heteroatoms. The van der Waals surface area contributed by atoms with Crippen molar-refractivity contribution < 1.29 is 8.78 Å². The van der Waals surface area contributed by atoms with Gasteiger partial charge in [0.25, 0.3) is 0 Å². The number of hydrazine groups is 1. The van der Waals surface area contributed by atoms with Crippen molar-refractivity contribution in [3.05, 3.63) is 35.4 Å². The molecule has 0 aliphatic rings. The fourth-order valence-corrected chi connectivity index (χ4v) is 1.28. The van der Waals surface area contributed by atoms with E-state index in [4.69, 9.17) is 5.84 Å². The Morgan fingerprint density at radius 2 is 1.94 bits per heavy atom. The van der Waals surface area contributed by atoms with E-state index in [9.17, 15) is 8.78 Å². The van der Waals surface area contributed by atoms with Crippen LogP contribution in [0.25, 0.3) is 0 Å². The van der Waals surface area contributed by atoms with Crippen LogP contribution in [0.3, 0.4) is 0 Å². The van der Waals surface area contributed by atoms with E-state index in [1.54, 1.807) is 7.05 Å². The maximum atomic E-state index is 12.8. The molecular formula is C10H14F2N4. The number of nitrogens with two attached hydrogens (primary N) is 1. The molecule has 0 radical (unpaired) electrons. The zero-order chi connectivity index (χ0) is 12.0. The van der Waals surface area contributed by atoms with Gasteiger partial charge in [0.05, 0.1) is 0 Å². The van der Waals surface area contributed by atoms with Crippen LogP contribution in [0.1, 0.15) is 5.56 Å². The van der Waals surface area contributed by atoms with Crippen molar-refractivity contribution in [1.82, 2.24) is 10.7 Å². The van der Waals surface area contributed by atoms with Crippen molar-refractivity contribution >= 4 is 5.96 Å². The number of rotatable bonds is 3. The molecule has 0 heterocycles. The molecule has 0 saturated carbocycles. The number of hydrogen-bond acceptors (Lipinski definition) is 2. The highest BCUT2D eigenvalue weighted by molar-refractivity contribution is 5.78. The first-order valence-corrected chi connectivity index (χ1v) is 4.78. The molecule has 0 amide bonds. The van der Waals surface area contributed by atoms with Crippen molar-refractivity contribution in [2.75, 3.05) is 13.6 Å². The lowest BCUT2D eigenvalue weighted by molar-refractivity contribution is 0.579. The lowest BCUT2D eigenvalue weighted by atomic mass is 10.1. The number of benzene rings is 1. The van der Waals surface area contributed by atoms with Gasteiger partial charge in [0, 0.05) is 19.7 Å². The maximum absolute atomic E-state index is 12.8. The summed E-state index contributed by atoms with van der Waals surface area (Å²) < 4.78 is 25.7. The average molecular weight is 228 g/mol. The number of halogens is 2. The van der Waals surface area contributed by atoms with Crippen LogP contribution in [0, 0.1) is 11.6 Å². The fraction of sp³-hybridized carbons (Fsp3) is 0.300. The Morgan fingerprint density at radius 3 is 2.44 bits per heavy atom. The molecule has 1 aromatic carbocycles. The highest BCUT2D eigenvalue weighted by Gasteiger charge is 2.01. The molecule has 16 heavy (non-hydrogen) atoms. The molecule has 0 bridgehead atoms. The molecule has 4 nitrogen and oxygen atoms in total. The van der Waals surface area contributed by atoms with Crippen LogP contribution in [-0.4, -0.2) is 19.6 Å². The summed E-state index contributed by atoms with van der Waals surface area (Å²) in [4.78, 5) is 3.79. The highest BCUT2D eigenvalue weighted by Crippen LogP contribution is 2.07. The minimum absolute atomic E-state index is 0.428. The van der Waals surface area contributed by atoms with Crippen molar-refractivity contribution in [2.24, 2.45) is 10.8 Å². The first kappa shape index (κ1) is 12.4. The molecule has 1 rings (SSSR count). The predicted octanol–water partition coefficient (Wildman–Crippen LogP) is 0.546. The van der Waals surface area contributed by atoms with Gasteiger partial charge in [-0.25, -0.2) is 14.6 Å². The van der Waals surface area contributed by atoms with Gasteiger partial charge >= 0.3 is 0 Å². The third-order valence-electron chi connectivity index (χ3n) is 1.99. The van der Waals surface area contributed by atoms with Gasteiger partial charge in [-0.1, -0.05) is 0 Å². The normalized spacial score (nSPS) is 11.4. The Morgan fingerprint density at radius 1 is 1.31 bits per heavy atom. The van der Waals surface area contributed by atoms with Gasteiger partial charge in [-0.05, 0) is 24.1 Å². The van der Waals surface area contributed by atoms with E-state index in [-0.39, 0.29) is 0 Å². The number of hydrogen-bond donors (Lipinski definition) is 3. The van der Waals surface area contributed by atoms with Gasteiger partial charge in [-0.2, -0.15) is 0 Å². The summed E-state index contributed by atoms with van der Waals surface area (Å²) in [6, 6.07) is 3.43. The van der Waals surface area contributed by atoms with Gasteiger partial charge in [0.1, 0.15) is 11.6 Å². The molecule has 4 N–H and O–H groups in total. The number of nitrogens with one attached hydrogen (secondary N) is 2. The zero-order valence-corrected chi connectivity index (χ0v) is 8.93. The van der Waals surface area contributed by atoms with E-state index in [1.165, 1.54) is 12.1 Å². The number of guanidine groups is 1. The maximum Gasteiger partial charge on any atom is 0.205 e. The minimum atomic E-state index is -0.573. The summed E-state index contributed by atoms with van der Waals surface area (Å²) in [5.74, 6) is 4.43. The van der Waals surface area contributed by atoms with Crippen LogP contribution in [-0.2, 0) is 6.42 Å². The lowest BCUT2D eigenvalue weighted by Crippen LogP contribution is -2.42. The predicted molar refractivity (Wildman–Crippen MR) is 58.7 cm³/mol. The Labute approximate surface area is 92.5 Å². The molecule has 0 aliphatic heterocycles. The van der Waals surface area contributed by atoms with E-state index < -0.39 is 11.6 Å². The lowest BCUT2D eigenvalue weighted by Gasteiger charge is -2.08. The smallest absolute Gasteiger partial charge is 0.205 e. The van der Waals surface area contributed by atoms with Gasteiger partial charge in [0.15, 0.2) is 0 Å². The van der Waals surface area contributed by atoms with E-state index in [0.717, 1.165) is 6.07 Å². The molecule has 0 atom stereocenters. The standard InChI is InChI=1S/C10H14F2N4/c1-14-10(16-13)15-3-2-7-4-8(11)6-9(12)5-7/h4-6H,2-3,13H2,1H3,(H2,14,15,16). The van der Waals surface area contributed by atoms with Crippen LogP contribution < -0.4 is 16.6 Å². The first-order chi connectivity index (χ1) is 7.65. The molecule has 0 unspecified atom stereocenters. The zero-order valence-electron chi connectivity index (χ0n) is 8.93. The SMILES string of the molecule is CN=C(NN)NCCc1cc(F)cc(F)c1. The molecule has 88 valence electrons. The summed E-state index contributed by atoms with van der Waals surface area (Å²) in [5.41, 5.74) is 2.93. The second-order valence-corrected chi connectivity index (χ2v) is 3.17. The summed E-state index contributed by atoms with van der Waals surface area (Å²) in [5, 5.41) is 2.88. The molecule has 0 saturated heterocycles. The minimum Gasteiger partial charge on any atom is -0.355 e. The van der Waals surface area contributed by atoms with Crippen LogP contribution in [0.4, 0.5) is 8.78 Å². The Bertz CT molecular complexity index is 359. The van der Waals surface area contributed by atoms with Crippen LogP contribution in [0.15, 0.2) is 23.2 Å². The number of nitrogens with zero attached hydrogens (tertiary/aromatic N) is 1. The van der Waals surface area contributed by atoms with Crippen LogP contribution in [0.5, 0.6) is 0 Å². The first-order valence-electron chi connectivity index (χ1n) is 4.78. The number of aliphatic imine (C=N–C) groups is 1. The summed E-state index contributed by atoms with van der Waals surface area (Å²) in [7, 11) is 1.57. The second-order valence-electron chi connectivity index (χ2n) is 3.17. The topological polar surface area (TPSA) is 62.4 Å². The quantitative estimate of drug-likeness (QED) is 0.306. The molecule has 0 fully saturated rings. The summed E-state index contributed by atoms with van der Waals surface area (Å²) in [6.07, 6.45) is 0.482. The third-order valence-corrected chi connectivity index (χ3v) is 1.99. The van der Waals surface area contributed by atoms with Crippen molar-refractivity contribution in [3.8, 4) is 0 Å². The third kappa shape index (κ3) is 3.82. The van der Waals surface area contributed by atoms with Crippen molar-refractivity contribution in [1.29, 1.82) is 0 Å². The second kappa shape index (κ2) is 6.02. The van der Waals surface area contributed by atoms with E-state index >= 15 is 0 Å². The fourth-order valence-electron chi connectivity index (χ4n) is 1.28. The molecule has 0 aliphatic carbocycles. The van der Waals surface area contributed by atoms with Gasteiger partial charge < -0.3 is 5.32 Å². The van der Waals surface area contributed by atoms with Gasteiger partial charge in [0.2, 0.25) is 5.96 Å². The molecular weight excluding hydrogens is 214 g/mol. The average Bonchev–Trinajstić information content (AvgIpc) is 2.23. The Kier molecular flexibility index (Phi) is 4.65. The largest absolute Gasteiger partial charge is 0.355 e. The van der Waals surface area contributed by atoms with Crippen molar-refractivity contribution in [2.45, 2.75) is 6.42 Å². The summed E-state index contributed by atoms with van der Waals surface area (Å²) >= 11 is 0. The Balaban J connectivity index is 2.49. The van der Waals surface area contributed by atoms with Crippen LogP contribution >= 0.6 is 0 Å². The van der Waals surface area contributed by atoms with E-state index in [2.05, 4.69) is 15.7 Å². The monoisotopic (exact) mass is 228 g/mol. The Hall–Kier alpha value is -1.69. The van der Waals surface area contributed by atoms with Gasteiger partial charge in [-0.15, -0.1) is 0 Å². The van der Waals surface area contributed by atoms with Crippen LogP contribution in [0.2, 0.25) is 0 Å². The van der Waals surface area contributed by atoms with Crippen molar-refractivity contribution in [3.63, 3.8) is 0 Å². The summed E-state index contributed by atoms with van der Waals surface area (Å²) in [6.45, 7) is 0.486. The van der Waals surface area contributed by atoms with E-state index in [0.29, 0.717) is 24.5 Å². The molecule has 0 spiro atoms. The molecule has 1 aromatic rings.